The predicted molar refractivity (Wildman–Crippen MR) is 126 cm³/mol. The Balaban J connectivity index is 1.73. The first kappa shape index (κ1) is 16.3. The lowest BCUT2D eigenvalue weighted by molar-refractivity contribution is 1.28. The number of hydrogen-bond donors (Lipinski definition) is 0. The molecule has 0 atom stereocenters. The van der Waals surface area contributed by atoms with Gasteiger partial charge < -0.3 is 0 Å². The summed E-state index contributed by atoms with van der Waals surface area (Å²) in [4.78, 5) is 0. The van der Waals surface area contributed by atoms with Gasteiger partial charge in [0, 0.05) is 0 Å². The maximum absolute atomic E-state index is 2.31. The van der Waals surface area contributed by atoms with Gasteiger partial charge in [0.05, 0.1) is 0 Å². The fraction of sp³-hybridized carbons (Fsp3) is 0.0345. The summed E-state index contributed by atoms with van der Waals surface area (Å²) in [6, 6.07) is 39.8. The zero-order valence-corrected chi connectivity index (χ0v) is 16.1. The third kappa shape index (κ3) is 2.61. The summed E-state index contributed by atoms with van der Waals surface area (Å²) in [6.45, 7) is 0. The van der Waals surface area contributed by atoms with Gasteiger partial charge in [0.1, 0.15) is 0 Å². The molecule has 6 aromatic carbocycles. The van der Waals surface area contributed by atoms with Crippen molar-refractivity contribution in [2.45, 2.75) is 6.42 Å². The molecule has 0 aromatic heterocycles. The Morgan fingerprint density at radius 2 is 0.621 bits per heavy atom. The molecule has 0 aliphatic heterocycles. The molecule has 0 fully saturated rings. The molecule has 0 heteroatoms. The largest absolute Gasteiger partial charge is 0.0616 e. The van der Waals surface area contributed by atoms with Gasteiger partial charge in [-0.1, -0.05) is 97.1 Å². The summed E-state index contributed by atoms with van der Waals surface area (Å²) < 4.78 is 0. The highest BCUT2D eigenvalue weighted by Crippen LogP contribution is 2.35. The summed E-state index contributed by atoms with van der Waals surface area (Å²) in [6.07, 6.45) is 0.920. The van der Waals surface area contributed by atoms with Crippen molar-refractivity contribution in [2.24, 2.45) is 0 Å². The first-order valence-corrected chi connectivity index (χ1v) is 10.2. The Morgan fingerprint density at radius 3 is 0.931 bits per heavy atom. The van der Waals surface area contributed by atoms with Crippen molar-refractivity contribution in [1.82, 2.24) is 0 Å². The summed E-state index contributed by atoms with van der Waals surface area (Å²) in [7, 11) is 0. The van der Waals surface area contributed by atoms with E-state index < -0.39 is 0 Å². The zero-order chi connectivity index (χ0) is 19.2. The van der Waals surface area contributed by atoms with Crippen LogP contribution in [-0.4, -0.2) is 0 Å². The molecular formula is C29H20. The zero-order valence-electron chi connectivity index (χ0n) is 16.1. The molecule has 0 radical (unpaired) electrons. The Hall–Kier alpha value is -3.64. The lowest BCUT2D eigenvalue weighted by Gasteiger charge is -2.16. The molecule has 0 aliphatic carbocycles. The quantitative estimate of drug-likeness (QED) is 0.273. The highest BCUT2D eigenvalue weighted by atomic mass is 14.2. The van der Waals surface area contributed by atoms with Crippen LogP contribution in [0, 0.1) is 0 Å². The van der Waals surface area contributed by atoms with E-state index in [0.717, 1.165) is 6.42 Å². The maximum atomic E-state index is 2.31. The van der Waals surface area contributed by atoms with Crippen molar-refractivity contribution in [2.75, 3.05) is 0 Å². The van der Waals surface area contributed by atoms with Crippen molar-refractivity contribution in [3.8, 4) is 0 Å². The smallest absolute Gasteiger partial charge is 0.000112 e. The summed E-state index contributed by atoms with van der Waals surface area (Å²) >= 11 is 0. The van der Waals surface area contributed by atoms with E-state index in [1.54, 1.807) is 0 Å². The average Bonchev–Trinajstić information content (AvgIpc) is 2.78. The molecular weight excluding hydrogens is 348 g/mol. The fourth-order valence-corrected chi connectivity index (χ4v) is 4.77. The van der Waals surface area contributed by atoms with Crippen LogP contribution in [0.2, 0.25) is 0 Å². The standard InChI is InChI=1S/C29H20/c1-5-13-24-20(9-1)17-21-10-2-6-14-25(21)28(24)19-29-26-15-7-3-11-22(26)18-23-12-4-8-16-27(23)29/h1-18H,19H2. The van der Waals surface area contributed by atoms with Crippen LogP contribution in [-0.2, 0) is 6.42 Å². The van der Waals surface area contributed by atoms with Gasteiger partial charge in [-0.05, 0) is 72.8 Å². The van der Waals surface area contributed by atoms with Crippen LogP contribution in [0.4, 0.5) is 0 Å². The van der Waals surface area contributed by atoms with E-state index >= 15 is 0 Å². The number of rotatable bonds is 2. The first-order valence-electron chi connectivity index (χ1n) is 10.2. The molecule has 0 saturated carbocycles. The lowest BCUT2D eigenvalue weighted by Crippen LogP contribution is -1.95. The van der Waals surface area contributed by atoms with Gasteiger partial charge in [0.15, 0.2) is 0 Å². The van der Waals surface area contributed by atoms with E-state index in [1.807, 2.05) is 0 Å². The van der Waals surface area contributed by atoms with Gasteiger partial charge in [0.25, 0.3) is 0 Å². The van der Waals surface area contributed by atoms with E-state index in [-0.39, 0.29) is 0 Å². The maximum Gasteiger partial charge on any atom is -0.000112 e. The van der Waals surface area contributed by atoms with Gasteiger partial charge in [0.2, 0.25) is 0 Å². The second kappa shape index (κ2) is 6.46. The number of hydrogen-bond acceptors (Lipinski definition) is 0. The molecule has 136 valence electrons. The van der Waals surface area contributed by atoms with Crippen LogP contribution in [0.5, 0.6) is 0 Å². The van der Waals surface area contributed by atoms with Crippen LogP contribution >= 0.6 is 0 Å². The molecule has 0 spiro atoms. The Bertz CT molecular complexity index is 1300. The van der Waals surface area contributed by atoms with Crippen molar-refractivity contribution >= 4 is 43.1 Å². The number of benzene rings is 6. The highest BCUT2D eigenvalue weighted by Gasteiger charge is 2.13. The van der Waals surface area contributed by atoms with Gasteiger partial charge in [-0.3, -0.25) is 0 Å². The van der Waals surface area contributed by atoms with Crippen molar-refractivity contribution < 1.29 is 0 Å². The van der Waals surface area contributed by atoms with Gasteiger partial charge >= 0.3 is 0 Å². The van der Waals surface area contributed by atoms with E-state index in [2.05, 4.69) is 109 Å². The third-order valence-electron chi connectivity index (χ3n) is 6.12. The predicted octanol–water partition coefficient (Wildman–Crippen LogP) is 7.89. The first-order chi connectivity index (χ1) is 14.4. The molecule has 0 N–H and O–H groups in total. The molecule has 0 heterocycles. The van der Waals surface area contributed by atoms with E-state index in [0.29, 0.717) is 0 Å². The minimum atomic E-state index is 0.920. The van der Waals surface area contributed by atoms with Crippen molar-refractivity contribution in [1.29, 1.82) is 0 Å². The highest BCUT2D eigenvalue weighted by molar-refractivity contribution is 6.06. The van der Waals surface area contributed by atoms with Crippen molar-refractivity contribution in [3.05, 3.63) is 120 Å². The molecule has 0 nitrogen and oxygen atoms in total. The second-order valence-corrected chi connectivity index (χ2v) is 7.77. The van der Waals surface area contributed by atoms with E-state index in [1.165, 1.54) is 54.2 Å². The van der Waals surface area contributed by atoms with Crippen LogP contribution in [0.25, 0.3) is 43.1 Å². The summed E-state index contributed by atoms with van der Waals surface area (Å²) in [5.41, 5.74) is 2.83. The molecule has 6 aromatic rings. The monoisotopic (exact) mass is 368 g/mol. The summed E-state index contributed by atoms with van der Waals surface area (Å²) in [5, 5.41) is 10.6. The van der Waals surface area contributed by atoms with Gasteiger partial charge in [-0.2, -0.15) is 0 Å². The van der Waals surface area contributed by atoms with E-state index in [4.69, 9.17) is 0 Å². The van der Waals surface area contributed by atoms with Crippen LogP contribution in [0.1, 0.15) is 11.1 Å². The van der Waals surface area contributed by atoms with Gasteiger partial charge in [-0.15, -0.1) is 0 Å². The van der Waals surface area contributed by atoms with Crippen LogP contribution in [0.3, 0.4) is 0 Å². The van der Waals surface area contributed by atoms with Gasteiger partial charge in [-0.25, -0.2) is 0 Å². The molecule has 29 heavy (non-hydrogen) atoms. The molecule has 6 rings (SSSR count). The minimum Gasteiger partial charge on any atom is -0.0616 e. The normalized spacial score (nSPS) is 11.6. The van der Waals surface area contributed by atoms with Crippen LogP contribution < -0.4 is 0 Å². The Kier molecular flexibility index (Phi) is 3.64. The second-order valence-electron chi connectivity index (χ2n) is 7.77. The van der Waals surface area contributed by atoms with E-state index in [9.17, 15) is 0 Å². The molecule has 0 saturated heterocycles. The number of fused-ring (bicyclic) bond motifs is 4. The van der Waals surface area contributed by atoms with Crippen molar-refractivity contribution in [3.63, 3.8) is 0 Å². The average molecular weight is 368 g/mol. The SMILES string of the molecule is c1ccc2c(Cc3c4ccccc4cc4ccccc34)c3ccccc3cc2c1. The fourth-order valence-electron chi connectivity index (χ4n) is 4.77. The summed E-state index contributed by atoms with van der Waals surface area (Å²) in [5.74, 6) is 0. The minimum absolute atomic E-state index is 0.920. The Labute approximate surface area is 170 Å². The molecule has 0 amide bonds. The van der Waals surface area contributed by atoms with Crippen LogP contribution in [0.15, 0.2) is 109 Å². The topological polar surface area (TPSA) is 0 Å². The molecule has 0 unspecified atom stereocenters. The molecule has 0 bridgehead atoms. The third-order valence-corrected chi connectivity index (χ3v) is 6.12. The Morgan fingerprint density at radius 1 is 0.345 bits per heavy atom. The molecule has 0 aliphatic rings. The lowest BCUT2D eigenvalue weighted by atomic mass is 9.88.